The van der Waals surface area contributed by atoms with Gasteiger partial charge in [-0.25, -0.2) is 9.02 Å². The van der Waals surface area contributed by atoms with E-state index >= 15 is 0 Å². The smallest absolute Gasteiger partial charge is 0.277 e. The molecule has 0 bridgehead atoms. The predicted molar refractivity (Wildman–Crippen MR) is 116 cm³/mol. The summed E-state index contributed by atoms with van der Waals surface area (Å²) in [6, 6.07) is 9.65. The molecule has 0 aliphatic carbocycles. The number of hydrogen-bond donors (Lipinski definition) is 3. The molecule has 1 heterocycles. The second kappa shape index (κ2) is 12.8. The van der Waals surface area contributed by atoms with Crippen LogP contribution in [-0.2, 0) is 13.2 Å². The van der Waals surface area contributed by atoms with Crippen molar-refractivity contribution < 1.29 is 35.7 Å². The predicted octanol–water partition coefficient (Wildman–Crippen LogP) is -0.0544. The lowest BCUT2D eigenvalue weighted by Gasteiger charge is -2.16. The number of anilines is 1. The Morgan fingerprint density at radius 3 is 2.58 bits per heavy atom. The number of nitrogen functional groups attached to an aromatic ring is 1. The lowest BCUT2D eigenvalue weighted by atomic mass is 10.2. The van der Waals surface area contributed by atoms with Gasteiger partial charge in [0.15, 0.2) is 11.5 Å². The van der Waals surface area contributed by atoms with E-state index in [-0.39, 0.29) is 36.3 Å². The van der Waals surface area contributed by atoms with Crippen LogP contribution < -0.4 is 38.2 Å². The van der Waals surface area contributed by atoms with Crippen molar-refractivity contribution in [2.75, 3.05) is 25.4 Å². The molecule has 0 fully saturated rings. The Kier molecular flexibility index (Phi) is 10.2. The molecule has 0 aliphatic rings. The number of nitrogens with two attached hydrogens (primary N) is 1. The molecule has 0 unspecified atom stereocenters. The maximum atomic E-state index is 13.1. The number of rotatable bonds is 11. The second-order valence-corrected chi connectivity index (χ2v) is 7.09. The summed E-state index contributed by atoms with van der Waals surface area (Å²) in [5.74, 6) is 0.108. The summed E-state index contributed by atoms with van der Waals surface area (Å²) < 4.78 is 29.0. The van der Waals surface area contributed by atoms with Gasteiger partial charge in [-0.05, 0) is 52.6 Å². The number of benzene rings is 2. The largest absolute Gasteiger partial charge is 1.00 e. The van der Waals surface area contributed by atoms with Crippen molar-refractivity contribution in [2.45, 2.75) is 20.1 Å². The molecule has 3 rings (SSSR count). The normalized spacial score (nSPS) is 10.4. The third-order valence-electron chi connectivity index (χ3n) is 4.31. The highest BCUT2D eigenvalue weighted by Crippen LogP contribution is 2.37. The van der Waals surface area contributed by atoms with Gasteiger partial charge in [0.25, 0.3) is 5.91 Å². The molecule has 0 spiro atoms. The average molecular weight is 499 g/mol. The van der Waals surface area contributed by atoms with Crippen LogP contribution in [0, 0.1) is 5.82 Å². The van der Waals surface area contributed by atoms with Crippen molar-refractivity contribution in [3.63, 3.8) is 0 Å². The SMILES string of the molecule is CCOc1cc(CNCCNC(=O)c2nonc2N)cc(Cl)c1OCc1ccc(F)cc1.[Cl-]. The maximum absolute atomic E-state index is 13.1. The van der Waals surface area contributed by atoms with Crippen LogP contribution in [0.25, 0.3) is 0 Å². The van der Waals surface area contributed by atoms with Crippen molar-refractivity contribution in [1.29, 1.82) is 0 Å². The number of carbonyl (C=O) groups is 1. The molecule has 178 valence electrons. The van der Waals surface area contributed by atoms with Crippen LogP contribution in [0.5, 0.6) is 11.5 Å². The summed E-state index contributed by atoms with van der Waals surface area (Å²) in [6.45, 7) is 3.84. The number of hydrogen-bond acceptors (Lipinski definition) is 8. The van der Waals surface area contributed by atoms with Crippen molar-refractivity contribution in [3.05, 3.63) is 64.1 Å². The lowest BCUT2D eigenvalue weighted by molar-refractivity contribution is -0.0000167. The van der Waals surface area contributed by atoms with Crippen LogP contribution in [-0.4, -0.2) is 35.9 Å². The third kappa shape index (κ3) is 7.48. The summed E-state index contributed by atoms with van der Waals surface area (Å²) in [5.41, 5.74) is 7.12. The molecular formula is C21H23Cl2FN5O4-. The molecule has 0 saturated carbocycles. The van der Waals surface area contributed by atoms with Crippen LogP contribution in [0.15, 0.2) is 41.0 Å². The Morgan fingerprint density at radius 2 is 1.91 bits per heavy atom. The van der Waals surface area contributed by atoms with Crippen LogP contribution in [0.4, 0.5) is 10.2 Å². The zero-order valence-corrected chi connectivity index (χ0v) is 19.3. The molecule has 4 N–H and O–H groups in total. The molecule has 2 aromatic carbocycles. The minimum atomic E-state index is -0.463. The third-order valence-corrected chi connectivity index (χ3v) is 4.59. The first-order valence-electron chi connectivity index (χ1n) is 9.87. The van der Waals surface area contributed by atoms with E-state index in [9.17, 15) is 9.18 Å². The average Bonchev–Trinajstić information content (AvgIpc) is 3.20. The molecule has 33 heavy (non-hydrogen) atoms. The monoisotopic (exact) mass is 498 g/mol. The minimum Gasteiger partial charge on any atom is -1.00 e. The van der Waals surface area contributed by atoms with E-state index in [4.69, 9.17) is 26.8 Å². The fourth-order valence-electron chi connectivity index (χ4n) is 2.80. The summed E-state index contributed by atoms with van der Waals surface area (Å²) in [4.78, 5) is 11.9. The Balaban J connectivity index is 0.00000385. The Hall–Kier alpha value is -3.08. The lowest BCUT2D eigenvalue weighted by Crippen LogP contribution is -3.00. The molecule has 0 aliphatic heterocycles. The van der Waals surface area contributed by atoms with E-state index in [1.54, 1.807) is 18.2 Å². The van der Waals surface area contributed by atoms with Gasteiger partial charge in [0.05, 0.1) is 11.6 Å². The zero-order valence-electron chi connectivity index (χ0n) is 17.7. The number of nitrogens with one attached hydrogen (secondary N) is 2. The summed E-state index contributed by atoms with van der Waals surface area (Å²) in [6.07, 6.45) is 0. The van der Waals surface area contributed by atoms with E-state index in [2.05, 4.69) is 25.6 Å². The highest BCUT2D eigenvalue weighted by atomic mass is 35.5. The number of amides is 1. The molecule has 1 amide bonds. The van der Waals surface area contributed by atoms with Crippen molar-refractivity contribution in [2.24, 2.45) is 0 Å². The number of nitrogens with zero attached hydrogens (tertiary/aromatic N) is 2. The van der Waals surface area contributed by atoms with Crippen LogP contribution in [0.3, 0.4) is 0 Å². The van der Waals surface area contributed by atoms with Crippen molar-refractivity contribution in [3.8, 4) is 11.5 Å². The fraction of sp³-hybridized carbons (Fsp3) is 0.286. The second-order valence-electron chi connectivity index (χ2n) is 6.68. The highest BCUT2D eigenvalue weighted by molar-refractivity contribution is 6.32. The summed E-state index contributed by atoms with van der Waals surface area (Å²) in [5, 5.41) is 13.1. The van der Waals surface area contributed by atoms with Gasteiger partial charge in [-0.15, -0.1) is 0 Å². The van der Waals surface area contributed by atoms with E-state index in [0.717, 1.165) is 11.1 Å². The number of ether oxygens (including phenoxy) is 2. The van der Waals surface area contributed by atoms with Gasteiger partial charge < -0.3 is 38.2 Å². The highest BCUT2D eigenvalue weighted by Gasteiger charge is 2.15. The van der Waals surface area contributed by atoms with Gasteiger partial charge >= 0.3 is 0 Å². The first-order chi connectivity index (χ1) is 15.5. The molecule has 3 aromatic rings. The minimum absolute atomic E-state index is 0. The molecular weight excluding hydrogens is 476 g/mol. The first-order valence-corrected chi connectivity index (χ1v) is 10.2. The van der Waals surface area contributed by atoms with E-state index in [1.165, 1.54) is 12.1 Å². The Labute approximate surface area is 201 Å². The molecule has 0 radical (unpaired) electrons. The molecule has 9 nitrogen and oxygen atoms in total. The topological polar surface area (TPSA) is 125 Å². The van der Waals surface area contributed by atoms with Crippen molar-refractivity contribution in [1.82, 2.24) is 20.9 Å². The molecule has 0 atom stereocenters. The Morgan fingerprint density at radius 1 is 1.15 bits per heavy atom. The van der Waals surface area contributed by atoms with Gasteiger partial charge in [-0.2, -0.15) is 0 Å². The first kappa shape index (κ1) is 26.2. The Bertz CT molecular complexity index is 1050. The quantitative estimate of drug-likeness (QED) is 0.314. The molecule has 12 heteroatoms. The van der Waals surface area contributed by atoms with Crippen molar-refractivity contribution >= 4 is 23.3 Å². The van der Waals surface area contributed by atoms with Gasteiger partial charge in [0.1, 0.15) is 12.4 Å². The zero-order chi connectivity index (χ0) is 22.9. The van der Waals surface area contributed by atoms with E-state index in [0.29, 0.717) is 42.8 Å². The fourth-order valence-corrected chi connectivity index (χ4v) is 3.08. The molecule has 1 aromatic heterocycles. The van der Waals surface area contributed by atoms with Gasteiger partial charge in [-0.3, -0.25) is 4.79 Å². The maximum Gasteiger partial charge on any atom is 0.277 e. The van der Waals surface area contributed by atoms with Crippen LogP contribution >= 0.6 is 11.6 Å². The van der Waals surface area contributed by atoms with E-state index < -0.39 is 5.91 Å². The van der Waals surface area contributed by atoms with Gasteiger partial charge in [0, 0.05) is 19.6 Å². The summed E-state index contributed by atoms with van der Waals surface area (Å²) >= 11 is 6.43. The van der Waals surface area contributed by atoms with E-state index in [1.807, 2.05) is 13.0 Å². The number of carbonyl (C=O) groups excluding carboxylic acids is 1. The standard InChI is InChI=1S/C21H23ClFN5O4.ClH/c1-2-30-17-10-14(11-25-7-8-26-21(29)18-20(24)28-32-27-18)9-16(22)19(17)31-12-13-3-5-15(23)6-4-13;/h3-6,9-10,25H,2,7-8,11-12H2,1H3,(H2,24,28)(H,26,29);1H/p-1. The van der Waals surface area contributed by atoms with Gasteiger partial charge in [0.2, 0.25) is 11.5 Å². The number of halogens is 3. The summed E-state index contributed by atoms with van der Waals surface area (Å²) in [7, 11) is 0. The number of aromatic nitrogens is 2. The molecule has 0 saturated heterocycles. The van der Waals surface area contributed by atoms with Gasteiger partial charge in [-0.1, -0.05) is 23.7 Å². The van der Waals surface area contributed by atoms with Crippen LogP contribution in [0.1, 0.15) is 28.5 Å². The van der Waals surface area contributed by atoms with Crippen LogP contribution in [0.2, 0.25) is 5.02 Å².